The molecular formula is C17H24N2. The maximum absolute atomic E-state index is 3.69. The van der Waals surface area contributed by atoms with Crippen LogP contribution in [-0.2, 0) is 19.3 Å². The van der Waals surface area contributed by atoms with E-state index in [4.69, 9.17) is 0 Å². The van der Waals surface area contributed by atoms with Gasteiger partial charge in [0, 0.05) is 24.8 Å². The first-order valence-electron chi connectivity index (χ1n) is 8.03. The molecule has 19 heavy (non-hydrogen) atoms. The maximum atomic E-state index is 3.69. The van der Waals surface area contributed by atoms with E-state index >= 15 is 0 Å². The predicted octanol–water partition coefficient (Wildman–Crippen LogP) is 2.68. The third-order valence-corrected chi connectivity index (χ3v) is 5.06. The van der Waals surface area contributed by atoms with Gasteiger partial charge in [-0.3, -0.25) is 0 Å². The van der Waals surface area contributed by atoms with Gasteiger partial charge in [-0.1, -0.05) is 18.6 Å². The van der Waals surface area contributed by atoms with Gasteiger partial charge in [0.05, 0.1) is 0 Å². The Balaban J connectivity index is 1.60. The highest BCUT2D eigenvalue weighted by molar-refractivity contribution is 5.66. The summed E-state index contributed by atoms with van der Waals surface area (Å²) in [4.78, 5) is 2.61. The van der Waals surface area contributed by atoms with E-state index in [1.807, 2.05) is 0 Å². The number of hydrogen-bond acceptors (Lipinski definition) is 2. The Morgan fingerprint density at radius 3 is 2.79 bits per heavy atom. The number of hydrogen-bond donors (Lipinski definition) is 1. The zero-order valence-corrected chi connectivity index (χ0v) is 11.8. The van der Waals surface area contributed by atoms with Crippen molar-refractivity contribution in [2.75, 3.05) is 24.5 Å². The van der Waals surface area contributed by atoms with Gasteiger partial charge in [-0.2, -0.15) is 0 Å². The van der Waals surface area contributed by atoms with Crippen LogP contribution in [0.2, 0.25) is 0 Å². The number of benzene rings is 1. The number of anilines is 1. The Morgan fingerprint density at radius 1 is 1.05 bits per heavy atom. The molecule has 0 aliphatic carbocycles. The third-order valence-electron chi connectivity index (χ3n) is 5.06. The van der Waals surface area contributed by atoms with Gasteiger partial charge < -0.3 is 10.2 Å². The number of nitrogens with one attached hydrogen (secondary N) is 1. The normalized spacial score (nSPS) is 25.5. The lowest BCUT2D eigenvalue weighted by Crippen LogP contribution is -2.35. The molecule has 2 nitrogen and oxygen atoms in total. The van der Waals surface area contributed by atoms with E-state index in [-0.39, 0.29) is 0 Å². The Morgan fingerprint density at radius 2 is 1.95 bits per heavy atom. The van der Waals surface area contributed by atoms with Crippen molar-refractivity contribution in [3.8, 4) is 0 Å². The summed E-state index contributed by atoms with van der Waals surface area (Å²) in [5, 5.41) is 3.69. The molecular weight excluding hydrogens is 232 g/mol. The molecule has 2 heteroatoms. The monoisotopic (exact) mass is 256 g/mol. The van der Waals surface area contributed by atoms with Crippen LogP contribution in [0.3, 0.4) is 0 Å². The standard InChI is InChI=1S/C17H24N2/c1-2-7-18-16(5-1)12-13-10-14-4-3-8-19-9-6-15(11-13)17(14)19/h10-11,16,18H,1-9,12H2. The molecule has 102 valence electrons. The summed E-state index contributed by atoms with van der Waals surface area (Å²) in [6.07, 6.45) is 9.28. The molecule has 1 atom stereocenters. The van der Waals surface area contributed by atoms with Gasteiger partial charge in [0.25, 0.3) is 0 Å². The van der Waals surface area contributed by atoms with Crippen molar-refractivity contribution in [2.24, 2.45) is 0 Å². The lowest BCUT2D eigenvalue weighted by molar-refractivity contribution is 0.399. The van der Waals surface area contributed by atoms with E-state index in [2.05, 4.69) is 22.3 Å². The largest absolute Gasteiger partial charge is 0.371 e. The van der Waals surface area contributed by atoms with E-state index in [1.54, 1.807) is 22.4 Å². The van der Waals surface area contributed by atoms with E-state index in [9.17, 15) is 0 Å². The van der Waals surface area contributed by atoms with Crippen molar-refractivity contribution in [2.45, 2.75) is 51.0 Å². The number of aryl methyl sites for hydroxylation is 1. The first-order chi connectivity index (χ1) is 9.40. The SMILES string of the molecule is c1c(CC2CCCCN2)cc2c3c1CCCN3CC2. The van der Waals surface area contributed by atoms with Crippen molar-refractivity contribution in [3.05, 3.63) is 28.8 Å². The minimum atomic E-state index is 0.722. The molecule has 1 unspecified atom stereocenters. The van der Waals surface area contributed by atoms with Crippen molar-refractivity contribution in [1.29, 1.82) is 0 Å². The second-order valence-electron chi connectivity index (χ2n) is 6.45. The van der Waals surface area contributed by atoms with Crippen LogP contribution < -0.4 is 10.2 Å². The Labute approximate surface area is 116 Å². The Hall–Kier alpha value is -1.02. The molecule has 3 heterocycles. The zero-order chi connectivity index (χ0) is 12.7. The highest BCUT2D eigenvalue weighted by Gasteiger charge is 2.26. The number of rotatable bonds is 2. The lowest BCUT2D eigenvalue weighted by atomic mass is 9.92. The quantitative estimate of drug-likeness (QED) is 0.875. The molecule has 0 radical (unpaired) electrons. The van der Waals surface area contributed by atoms with Crippen LogP contribution in [0.1, 0.15) is 42.4 Å². The second kappa shape index (κ2) is 4.82. The fraction of sp³-hybridized carbons (Fsp3) is 0.647. The summed E-state index contributed by atoms with van der Waals surface area (Å²) in [6, 6.07) is 5.73. The first-order valence-corrected chi connectivity index (χ1v) is 8.03. The fourth-order valence-corrected chi connectivity index (χ4v) is 4.17. The van der Waals surface area contributed by atoms with Gasteiger partial charge >= 0.3 is 0 Å². The van der Waals surface area contributed by atoms with Crippen LogP contribution in [0.5, 0.6) is 0 Å². The van der Waals surface area contributed by atoms with Gasteiger partial charge in [0.2, 0.25) is 0 Å². The summed E-state index contributed by atoms with van der Waals surface area (Å²) in [5.41, 5.74) is 6.44. The summed E-state index contributed by atoms with van der Waals surface area (Å²) in [7, 11) is 0. The molecule has 1 fully saturated rings. The van der Waals surface area contributed by atoms with Crippen LogP contribution in [0.15, 0.2) is 12.1 Å². The molecule has 4 rings (SSSR count). The topological polar surface area (TPSA) is 15.3 Å². The number of piperidine rings is 1. The summed E-state index contributed by atoms with van der Waals surface area (Å²) >= 11 is 0. The summed E-state index contributed by atoms with van der Waals surface area (Å²) in [6.45, 7) is 3.76. The van der Waals surface area contributed by atoms with Gasteiger partial charge in [-0.05, 0) is 61.8 Å². The van der Waals surface area contributed by atoms with Crippen LogP contribution >= 0.6 is 0 Å². The van der Waals surface area contributed by atoms with Gasteiger partial charge in [0.1, 0.15) is 0 Å². The Kier molecular flexibility index (Phi) is 2.99. The molecule has 0 aromatic heterocycles. The highest BCUT2D eigenvalue weighted by Crippen LogP contribution is 2.37. The molecule has 1 aromatic carbocycles. The van der Waals surface area contributed by atoms with E-state index in [0.717, 1.165) is 6.04 Å². The molecule has 0 spiro atoms. The van der Waals surface area contributed by atoms with Crippen molar-refractivity contribution < 1.29 is 0 Å². The molecule has 0 amide bonds. The van der Waals surface area contributed by atoms with Crippen LogP contribution in [-0.4, -0.2) is 25.7 Å². The molecule has 3 aliphatic rings. The average molecular weight is 256 g/mol. The smallest absolute Gasteiger partial charge is 0.0432 e. The van der Waals surface area contributed by atoms with Gasteiger partial charge in [-0.15, -0.1) is 0 Å². The van der Waals surface area contributed by atoms with Crippen LogP contribution in [0, 0.1) is 0 Å². The summed E-state index contributed by atoms with van der Waals surface area (Å²) < 4.78 is 0. The van der Waals surface area contributed by atoms with Crippen molar-refractivity contribution in [3.63, 3.8) is 0 Å². The molecule has 3 aliphatic heterocycles. The lowest BCUT2D eigenvalue weighted by Gasteiger charge is -2.28. The minimum absolute atomic E-state index is 0.722. The van der Waals surface area contributed by atoms with Crippen molar-refractivity contribution >= 4 is 5.69 Å². The molecule has 1 aromatic rings. The fourth-order valence-electron chi connectivity index (χ4n) is 4.17. The van der Waals surface area contributed by atoms with Crippen molar-refractivity contribution in [1.82, 2.24) is 5.32 Å². The van der Waals surface area contributed by atoms with Crippen LogP contribution in [0.4, 0.5) is 5.69 Å². The maximum Gasteiger partial charge on any atom is 0.0432 e. The average Bonchev–Trinajstić information content (AvgIpc) is 2.85. The summed E-state index contributed by atoms with van der Waals surface area (Å²) in [5.74, 6) is 0. The molecule has 0 saturated carbocycles. The number of nitrogens with zero attached hydrogens (tertiary/aromatic N) is 1. The zero-order valence-electron chi connectivity index (χ0n) is 11.8. The van der Waals surface area contributed by atoms with E-state index in [0.29, 0.717) is 0 Å². The Bertz CT molecular complexity index is 474. The van der Waals surface area contributed by atoms with E-state index in [1.165, 1.54) is 64.6 Å². The molecule has 1 saturated heterocycles. The third kappa shape index (κ3) is 2.16. The molecule has 1 N–H and O–H groups in total. The second-order valence-corrected chi connectivity index (χ2v) is 6.45. The minimum Gasteiger partial charge on any atom is -0.371 e. The van der Waals surface area contributed by atoms with Crippen LogP contribution in [0.25, 0.3) is 0 Å². The van der Waals surface area contributed by atoms with E-state index < -0.39 is 0 Å². The molecule has 0 bridgehead atoms. The van der Waals surface area contributed by atoms with Gasteiger partial charge in [-0.25, -0.2) is 0 Å². The first kappa shape index (κ1) is 11.8. The highest BCUT2D eigenvalue weighted by atomic mass is 15.2. The predicted molar refractivity (Wildman–Crippen MR) is 80.0 cm³/mol. The van der Waals surface area contributed by atoms with Gasteiger partial charge in [0.15, 0.2) is 0 Å².